The number of methoxy groups -OCH3 is 2. The highest BCUT2D eigenvalue weighted by molar-refractivity contribution is 9.10. The Morgan fingerprint density at radius 2 is 1.71 bits per heavy atom. The normalized spacial score (nSPS) is 11.8. The number of aromatic hydroxyl groups is 1. The molecule has 4 nitrogen and oxygen atoms in total. The molecule has 0 fully saturated rings. The first-order chi connectivity index (χ1) is 10.0. The van der Waals surface area contributed by atoms with Gasteiger partial charge in [-0.1, -0.05) is 6.07 Å². The summed E-state index contributed by atoms with van der Waals surface area (Å²) in [6.45, 7) is 2.05. The third-order valence-corrected chi connectivity index (χ3v) is 3.86. The Hall–Kier alpha value is -1.88. The molecule has 0 aliphatic heterocycles. The Morgan fingerprint density at radius 3 is 2.29 bits per heavy atom. The largest absolute Gasteiger partial charge is 0.504 e. The summed E-state index contributed by atoms with van der Waals surface area (Å²) in [6.07, 6.45) is 0. The second-order valence-electron chi connectivity index (χ2n) is 4.65. The van der Waals surface area contributed by atoms with Gasteiger partial charge >= 0.3 is 0 Å². The third kappa shape index (κ3) is 3.61. The SMILES string of the molecule is COc1ccc(NC(C)c2ccc(OC)c(Br)c2)cc1O. The summed E-state index contributed by atoms with van der Waals surface area (Å²) in [7, 11) is 3.17. The Balaban J connectivity index is 2.15. The zero-order valence-electron chi connectivity index (χ0n) is 12.2. The van der Waals surface area contributed by atoms with Crippen molar-refractivity contribution in [2.24, 2.45) is 0 Å². The van der Waals surface area contributed by atoms with Crippen LogP contribution in [0.1, 0.15) is 18.5 Å². The van der Waals surface area contributed by atoms with E-state index in [4.69, 9.17) is 9.47 Å². The first-order valence-corrected chi connectivity index (χ1v) is 7.31. The van der Waals surface area contributed by atoms with Crippen molar-refractivity contribution in [3.05, 3.63) is 46.4 Å². The molecule has 0 aliphatic carbocycles. The van der Waals surface area contributed by atoms with Gasteiger partial charge in [0.1, 0.15) is 5.75 Å². The molecule has 0 heterocycles. The van der Waals surface area contributed by atoms with Crippen molar-refractivity contribution in [1.82, 2.24) is 0 Å². The van der Waals surface area contributed by atoms with Gasteiger partial charge < -0.3 is 19.9 Å². The van der Waals surface area contributed by atoms with Gasteiger partial charge in [0.2, 0.25) is 0 Å². The molecule has 0 aliphatic rings. The van der Waals surface area contributed by atoms with E-state index in [9.17, 15) is 5.11 Å². The molecule has 0 aromatic heterocycles. The molecule has 0 saturated carbocycles. The van der Waals surface area contributed by atoms with Crippen molar-refractivity contribution in [2.45, 2.75) is 13.0 Å². The second kappa shape index (κ2) is 6.72. The van der Waals surface area contributed by atoms with Crippen molar-refractivity contribution in [2.75, 3.05) is 19.5 Å². The molecule has 2 N–H and O–H groups in total. The monoisotopic (exact) mass is 351 g/mol. The van der Waals surface area contributed by atoms with Gasteiger partial charge in [-0.2, -0.15) is 0 Å². The molecule has 0 amide bonds. The number of hydrogen-bond acceptors (Lipinski definition) is 4. The number of hydrogen-bond donors (Lipinski definition) is 2. The van der Waals surface area contributed by atoms with Crippen LogP contribution in [0.25, 0.3) is 0 Å². The van der Waals surface area contributed by atoms with Crippen molar-refractivity contribution in [3.8, 4) is 17.2 Å². The molecule has 1 atom stereocenters. The van der Waals surface area contributed by atoms with Crippen LogP contribution in [0, 0.1) is 0 Å². The van der Waals surface area contributed by atoms with E-state index in [-0.39, 0.29) is 11.8 Å². The zero-order chi connectivity index (χ0) is 15.4. The number of anilines is 1. The van der Waals surface area contributed by atoms with Crippen molar-refractivity contribution in [1.29, 1.82) is 0 Å². The summed E-state index contributed by atoms with van der Waals surface area (Å²) in [5.41, 5.74) is 1.94. The number of benzene rings is 2. The summed E-state index contributed by atoms with van der Waals surface area (Å²) in [4.78, 5) is 0. The lowest BCUT2D eigenvalue weighted by molar-refractivity contribution is 0.373. The van der Waals surface area contributed by atoms with Gasteiger partial charge in [0.15, 0.2) is 11.5 Å². The molecule has 1 unspecified atom stereocenters. The molecule has 0 spiro atoms. The van der Waals surface area contributed by atoms with Crippen LogP contribution >= 0.6 is 15.9 Å². The average molecular weight is 352 g/mol. The van der Waals surface area contributed by atoms with E-state index >= 15 is 0 Å². The van der Waals surface area contributed by atoms with Crippen molar-refractivity contribution in [3.63, 3.8) is 0 Å². The summed E-state index contributed by atoms with van der Waals surface area (Å²) < 4.78 is 11.2. The third-order valence-electron chi connectivity index (χ3n) is 3.24. The smallest absolute Gasteiger partial charge is 0.160 e. The molecule has 0 saturated heterocycles. The standard InChI is InChI=1S/C16H18BrNO3/c1-10(11-4-6-15(20-2)13(17)8-11)18-12-5-7-16(21-3)14(19)9-12/h4-10,18-19H,1-3H3. The Bertz CT molecular complexity index is 631. The van der Waals surface area contributed by atoms with Crippen LogP contribution in [0.2, 0.25) is 0 Å². The summed E-state index contributed by atoms with van der Waals surface area (Å²) in [5, 5.41) is 13.1. The Morgan fingerprint density at radius 1 is 1.05 bits per heavy atom. The molecule has 0 radical (unpaired) electrons. The number of rotatable bonds is 5. The summed E-state index contributed by atoms with van der Waals surface area (Å²) in [6, 6.07) is 11.3. The van der Waals surface area contributed by atoms with Crippen molar-refractivity contribution >= 4 is 21.6 Å². The highest BCUT2D eigenvalue weighted by Gasteiger charge is 2.10. The first-order valence-electron chi connectivity index (χ1n) is 6.52. The van der Waals surface area contributed by atoms with Gasteiger partial charge in [-0.3, -0.25) is 0 Å². The minimum Gasteiger partial charge on any atom is -0.504 e. The van der Waals surface area contributed by atoms with Gasteiger partial charge in [0.05, 0.1) is 18.7 Å². The number of ether oxygens (including phenoxy) is 2. The molecule has 5 heteroatoms. The Kier molecular flexibility index (Phi) is 4.96. The van der Waals surface area contributed by atoms with Crippen LogP contribution in [0.5, 0.6) is 17.2 Å². The average Bonchev–Trinajstić information content (AvgIpc) is 2.47. The van der Waals surface area contributed by atoms with E-state index in [1.54, 1.807) is 19.2 Å². The molecule has 21 heavy (non-hydrogen) atoms. The number of nitrogens with one attached hydrogen (secondary N) is 1. The van der Waals surface area contributed by atoms with Gasteiger partial charge in [0.25, 0.3) is 0 Å². The molecule has 2 aromatic carbocycles. The van der Waals surface area contributed by atoms with Gasteiger partial charge in [-0.05, 0) is 52.7 Å². The predicted octanol–water partition coefficient (Wildman–Crippen LogP) is 4.35. The highest BCUT2D eigenvalue weighted by atomic mass is 79.9. The van der Waals surface area contributed by atoms with Crippen LogP contribution < -0.4 is 14.8 Å². The maximum atomic E-state index is 9.80. The van der Waals surface area contributed by atoms with Crippen LogP contribution in [-0.2, 0) is 0 Å². The van der Waals surface area contributed by atoms with Crippen LogP contribution in [0.15, 0.2) is 40.9 Å². The predicted molar refractivity (Wildman–Crippen MR) is 87.4 cm³/mol. The minimum absolute atomic E-state index is 0.0833. The number of phenolic OH excluding ortho intramolecular Hbond substituents is 1. The highest BCUT2D eigenvalue weighted by Crippen LogP contribution is 2.32. The van der Waals surface area contributed by atoms with Crippen LogP contribution in [0.4, 0.5) is 5.69 Å². The van der Waals surface area contributed by atoms with E-state index < -0.39 is 0 Å². The molecule has 2 rings (SSSR count). The summed E-state index contributed by atoms with van der Waals surface area (Å²) >= 11 is 3.48. The van der Waals surface area contributed by atoms with Crippen molar-refractivity contribution < 1.29 is 14.6 Å². The molecular formula is C16H18BrNO3. The Labute approximate surface area is 132 Å². The van der Waals surface area contributed by atoms with E-state index in [1.165, 1.54) is 7.11 Å². The maximum Gasteiger partial charge on any atom is 0.160 e. The minimum atomic E-state index is 0.0833. The lowest BCUT2D eigenvalue weighted by atomic mass is 10.1. The van der Waals surface area contributed by atoms with E-state index in [0.717, 1.165) is 21.5 Å². The lowest BCUT2D eigenvalue weighted by Crippen LogP contribution is -2.06. The first kappa shape index (κ1) is 15.5. The van der Waals surface area contributed by atoms with Crippen LogP contribution in [0.3, 0.4) is 0 Å². The van der Waals surface area contributed by atoms with E-state index in [0.29, 0.717) is 5.75 Å². The number of phenols is 1. The molecule has 112 valence electrons. The molecule has 0 bridgehead atoms. The van der Waals surface area contributed by atoms with E-state index in [1.807, 2.05) is 24.3 Å². The van der Waals surface area contributed by atoms with Gasteiger partial charge in [-0.15, -0.1) is 0 Å². The van der Waals surface area contributed by atoms with Gasteiger partial charge in [-0.25, -0.2) is 0 Å². The lowest BCUT2D eigenvalue weighted by Gasteiger charge is -2.17. The second-order valence-corrected chi connectivity index (χ2v) is 5.50. The van der Waals surface area contributed by atoms with Gasteiger partial charge in [0, 0.05) is 17.8 Å². The number of halogens is 1. The molecular weight excluding hydrogens is 334 g/mol. The topological polar surface area (TPSA) is 50.7 Å². The zero-order valence-corrected chi connectivity index (χ0v) is 13.8. The van der Waals surface area contributed by atoms with Crippen LogP contribution in [-0.4, -0.2) is 19.3 Å². The maximum absolute atomic E-state index is 9.80. The fraction of sp³-hybridized carbons (Fsp3) is 0.250. The van der Waals surface area contributed by atoms with E-state index in [2.05, 4.69) is 28.2 Å². The quantitative estimate of drug-likeness (QED) is 0.840. The summed E-state index contributed by atoms with van der Waals surface area (Å²) in [5.74, 6) is 1.37. The fourth-order valence-electron chi connectivity index (χ4n) is 2.07. The fourth-order valence-corrected chi connectivity index (χ4v) is 2.62. The molecule has 2 aromatic rings.